The van der Waals surface area contributed by atoms with Gasteiger partial charge in [0.1, 0.15) is 18.7 Å². The first-order valence-electron chi connectivity index (χ1n) is 8.23. The fraction of sp³-hybridized carbons (Fsp3) is 0.158. The van der Waals surface area contributed by atoms with Gasteiger partial charge in [-0.05, 0) is 61.4 Å². The summed E-state index contributed by atoms with van der Waals surface area (Å²) in [6.07, 6.45) is 1.35. The molecule has 1 aromatic heterocycles. The summed E-state index contributed by atoms with van der Waals surface area (Å²) >= 11 is 0. The molecule has 1 heterocycles. The second-order valence-electron chi connectivity index (χ2n) is 6.15. The number of carbonyl (C=O) groups excluding carboxylic acids is 2. The smallest absolute Gasteiger partial charge is 0.258 e. The van der Waals surface area contributed by atoms with E-state index in [1.165, 1.54) is 35.3 Å². The number of nitrogens with one attached hydrogen (secondary N) is 2. The summed E-state index contributed by atoms with van der Waals surface area (Å²) in [5.41, 5.74) is 3.09. The number of carbonyl (C=O) groups is 2. The summed E-state index contributed by atoms with van der Waals surface area (Å²) in [6, 6.07) is 10.9. The molecule has 0 spiro atoms. The Bertz CT molecular complexity index is 962. The first kappa shape index (κ1) is 18.2. The molecule has 27 heavy (non-hydrogen) atoms. The van der Waals surface area contributed by atoms with Crippen molar-refractivity contribution in [3.05, 3.63) is 71.3 Å². The molecule has 2 amide bonds. The van der Waals surface area contributed by atoms with Crippen LogP contribution in [0.4, 0.5) is 16.0 Å². The molecule has 138 valence electrons. The minimum absolute atomic E-state index is 0.0492. The molecule has 0 atom stereocenters. The Labute approximate surface area is 155 Å². The SMILES string of the molecule is Cc1cc(C)cc(NC(=O)Cn2cnc(NC(=O)c3ccc(F)cc3)n2)c1. The normalized spacial score (nSPS) is 10.5. The van der Waals surface area contributed by atoms with Crippen LogP contribution in [0.2, 0.25) is 0 Å². The van der Waals surface area contributed by atoms with Crippen molar-refractivity contribution in [3.63, 3.8) is 0 Å². The zero-order valence-electron chi connectivity index (χ0n) is 14.9. The van der Waals surface area contributed by atoms with Crippen molar-refractivity contribution >= 4 is 23.5 Å². The van der Waals surface area contributed by atoms with Crippen molar-refractivity contribution in [2.45, 2.75) is 20.4 Å². The van der Waals surface area contributed by atoms with Gasteiger partial charge in [-0.3, -0.25) is 14.9 Å². The third-order valence-corrected chi connectivity index (χ3v) is 3.68. The molecule has 0 fully saturated rings. The van der Waals surface area contributed by atoms with E-state index in [1.54, 1.807) is 0 Å². The number of benzene rings is 2. The predicted octanol–water partition coefficient (Wildman–Crippen LogP) is 2.93. The fourth-order valence-corrected chi connectivity index (χ4v) is 2.60. The lowest BCUT2D eigenvalue weighted by molar-refractivity contribution is -0.116. The van der Waals surface area contributed by atoms with Gasteiger partial charge in [-0.1, -0.05) is 6.07 Å². The number of hydrogen-bond acceptors (Lipinski definition) is 4. The number of aryl methyl sites for hydroxylation is 2. The predicted molar refractivity (Wildman–Crippen MR) is 98.9 cm³/mol. The third-order valence-electron chi connectivity index (χ3n) is 3.68. The van der Waals surface area contributed by atoms with Gasteiger partial charge in [0.25, 0.3) is 5.91 Å². The molecule has 0 aliphatic carbocycles. The average molecular weight is 367 g/mol. The highest BCUT2D eigenvalue weighted by Crippen LogP contribution is 2.13. The molecule has 0 aliphatic heterocycles. The standard InChI is InChI=1S/C19H18FN5O2/c1-12-7-13(2)9-16(8-12)22-17(26)10-25-11-21-19(24-25)23-18(27)14-3-5-15(20)6-4-14/h3-9,11H,10H2,1-2H3,(H,22,26)(H,23,24,27). The summed E-state index contributed by atoms with van der Waals surface area (Å²) in [7, 11) is 0. The molecule has 7 nitrogen and oxygen atoms in total. The Balaban J connectivity index is 1.59. The lowest BCUT2D eigenvalue weighted by Gasteiger charge is -2.07. The molecule has 3 aromatic rings. The molecule has 0 saturated heterocycles. The number of halogens is 1. The first-order valence-corrected chi connectivity index (χ1v) is 8.23. The van der Waals surface area contributed by atoms with Crippen molar-refractivity contribution in [2.75, 3.05) is 10.6 Å². The largest absolute Gasteiger partial charge is 0.324 e. The highest BCUT2D eigenvalue weighted by atomic mass is 19.1. The lowest BCUT2D eigenvalue weighted by Crippen LogP contribution is -2.19. The Kier molecular flexibility index (Phi) is 5.25. The Morgan fingerprint density at radius 3 is 2.37 bits per heavy atom. The molecule has 0 saturated carbocycles. The van der Waals surface area contributed by atoms with Gasteiger partial charge in [-0.25, -0.2) is 14.1 Å². The second kappa shape index (κ2) is 7.77. The van der Waals surface area contributed by atoms with E-state index in [4.69, 9.17) is 0 Å². The topological polar surface area (TPSA) is 88.9 Å². The zero-order valence-corrected chi connectivity index (χ0v) is 14.9. The molecule has 2 N–H and O–H groups in total. The van der Waals surface area contributed by atoms with Crippen LogP contribution in [0.1, 0.15) is 21.5 Å². The van der Waals surface area contributed by atoms with E-state index in [0.29, 0.717) is 5.69 Å². The van der Waals surface area contributed by atoms with Gasteiger partial charge in [0.05, 0.1) is 0 Å². The summed E-state index contributed by atoms with van der Waals surface area (Å²) in [4.78, 5) is 28.2. The van der Waals surface area contributed by atoms with Crippen LogP contribution in [0.5, 0.6) is 0 Å². The maximum Gasteiger partial charge on any atom is 0.258 e. The molecule has 8 heteroatoms. The molecule has 0 bridgehead atoms. The number of hydrogen-bond donors (Lipinski definition) is 2. The molecular weight excluding hydrogens is 349 g/mol. The van der Waals surface area contributed by atoms with Crippen molar-refractivity contribution in [3.8, 4) is 0 Å². The third kappa shape index (κ3) is 4.97. The van der Waals surface area contributed by atoms with Crippen LogP contribution in [0.3, 0.4) is 0 Å². The van der Waals surface area contributed by atoms with Crippen LogP contribution in [-0.4, -0.2) is 26.6 Å². The highest BCUT2D eigenvalue weighted by Gasteiger charge is 2.11. The first-order chi connectivity index (χ1) is 12.9. The van der Waals surface area contributed by atoms with E-state index in [-0.39, 0.29) is 24.0 Å². The number of nitrogens with zero attached hydrogens (tertiary/aromatic N) is 3. The van der Waals surface area contributed by atoms with Gasteiger partial charge in [-0.2, -0.15) is 0 Å². The van der Waals surface area contributed by atoms with Crippen molar-refractivity contribution in [2.24, 2.45) is 0 Å². The second-order valence-corrected chi connectivity index (χ2v) is 6.15. The van der Waals surface area contributed by atoms with Gasteiger partial charge in [-0.15, -0.1) is 5.10 Å². The average Bonchev–Trinajstić information content (AvgIpc) is 3.01. The van der Waals surface area contributed by atoms with Gasteiger partial charge < -0.3 is 5.32 Å². The lowest BCUT2D eigenvalue weighted by atomic mass is 10.1. The summed E-state index contributed by atoms with van der Waals surface area (Å²) in [5.74, 6) is -1.10. The van der Waals surface area contributed by atoms with Crippen molar-refractivity contribution in [1.82, 2.24) is 14.8 Å². The van der Waals surface area contributed by atoms with E-state index in [9.17, 15) is 14.0 Å². The zero-order chi connectivity index (χ0) is 19.4. The summed E-state index contributed by atoms with van der Waals surface area (Å²) in [5, 5.41) is 9.35. The Hall–Kier alpha value is -3.55. The van der Waals surface area contributed by atoms with Gasteiger partial charge >= 0.3 is 0 Å². The molecule has 2 aromatic carbocycles. The van der Waals surface area contributed by atoms with E-state index in [1.807, 2.05) is 32.0 Å². The maximum absolute atomic E-state index is 12.9. The molecule has 0 radical (unpaired) electrons. The van der Waals surface area contributed by atoms with Crippen molar-refractivity contribution < 1.29 is 14.0 Å². The van der Waals surface area contributed by atoms with E-state index in [0.717, 1.165) is 11.1 Å². The van der Waals surface area contributed by atoms with Gasteiger partial charge in [0.2, 0.25) is 11.9 Å². The summed E-state index contributed by atoms with van der Waals surface area (Å²) in [6.45, 7) is 3.86. The molecule has 3 rings (SSSR count). The quantitative estimate of drug-likeness (QED) is 0.726. The van der Waals surface area contributed by atoms with Crippen molar-refractivity contribution in [1.29, 1.82) is 0 Å². The van der Waals surface area contributed by atoms with E-state index < -0.39 is 11.7 Å². The van der Waals surface area contributed by atoms with Crippen LogP contribution in [0, 0.1) is 19.7 Å². The van der Waals surface area contributed by atoms with Crippen LogP contribution < -0.4 is 10.6 Å². The highest BCUT2D eigenvalue weighted by molar-refractivity contribution is 6.03. The van der Waals surface area contributed by atoms with Crippen LogP contribution in [0.25, 0.3) is 0 Å². The minimum Gasteiger partial charge on any atom is -0.324 e. The summed E-state index contributed by atoms with van der Waals surface area (Å²) < 4.78 is 14.2. The van der Waals surface area contributed by atoms with Gasteiger partial charge in [0.15, 0.2) is 0 Å². The number of anilines is 2. The van der Waals surface area contributed by atoms with Crippen LogP contribution in [0.15, 0.2) is 48.8 Å². The maximum atomic E-state index is 12.9. The number of rotatable bonds is 5. The number of aromatic nitrogens is 3. The molecule has 0 aliphatic rings. The fourth-order valence-electron chi connectivity index (χ4n) is 2.60. The molecule has 0 unspecified atom stereocenters. The van der Waals surface area contributed by atoms with E-state index in [2.05, 4.69) is 20.7 Å². The monoisotopic (exact) mass is 367 g/mol. The van der Waals surface area contributed by atoms with Gasteiger partial charge in [0, 0.05) is 11.3 Å². The number of amides is 2. The van der Waals surface area contributed by atoms with Crippen LogP contribution >= 0.6 is 0 Å². The van der Waals surface area contributed by atoms with E-state index >= 15 is 0 Å². The molecular formula is C19H18FN5O2. The van der Waals surface area contributed by atoms with Crippen LogP contribution in [-0.2, 0) is 11.3 Å². The minimum atomic E-state index is -0.465. The Morgan fingerprint density at radius 1 is 1.04 bits per heavy atom. The Morgan fingerprint density at radius 2 is 1.70 bits per heavy atom.